The quantitative estimate of drug-likeness (QED) is 0.328. The Labute approximate surface area is 189 Å². The van der Waals surface area contributed by atoms with Gasteiger partial charge in [-0.3, -0.25) is 0 Å². The molecule has 0 saturated heterocycles. The number of fused-ring (bicyclic) bond motifs is 1. The summed E-state index contributed by atoms with van der Waals surface area (Å²) in [5.41, 5.74) is 5.36. The van der Waals surface area contributed by atoms with E-state index in [4.69, 9.17) is 16.6 Å². The molecule has 4 aromatic rings. The highest BCUT2D eigenvalue weighted by atomic mass is 79.9. The number of hydrogen-bond acceptors (Lipinski definition) is 3. The molecule has 3 heterocycles. The Balaban J connectivity index is 1.73. The van der Waals surface area contributed by atoms with Crippen molar-refractivity contribution in [2.45, 2.75) is 39.7 Å². The van der Waals surface area contributed by atoms with Crippen molar-refractivity contribution in [2.24, 2.45) is 0 Å². The fourth-order valence-electron chi connectivity index (χ4n) is 3.62. The van der Waals surface area contributed by atoms with E-state index in [1.165, 1.54) is 0 Å². The van der Waals surface area contributed by atoms with E-state index >= 15 is 0 Å². The number of nitriles is 1. The van der Waals surface area contributed by atoms with Crippen LogP contribution in [0.3, 0.4) is 0 Å². The van der Waals surface area contributed by atoms with Crippen LogP contribution in [0.25, 0.3) is 16.9 Å². The Morgan fingerprint density at radius 3 is 2.80 bits per heavy atom. The largest absolute Gasteiger partial charge is 0.308 e. The predicted octanol–water partition coefficient (Wildman–Crippen LogP) is 6.21. The van der Waals surface area contributed by atoms with E-state index in [0.29, 0.717) is 17.3 Å². The van der Waals surface area contributed by atoms with Crippen LogP contribution in [0.15, 0.2) is 47.2 Å². The van der Waals surface area contributed by atoms with E-state index in [2.05, 4.69) is 45.4 Å². The molecule has 5 nitrogen and oxygen atoms in total. The molecule has 1 aromatic carbocycles. The molecule has 0 fully saturated rings. The van der Waals surface area contributed by atoms with Crippen LogP contribution < -0.4 is 0 Å². The number of aryl methyl sites for hydroxylation is 2. The fraction of sp³-hybridized carbons (Fsp3) is 0.261. The second-order valence-corrected chi connectivity index (χ2v) is 8.65. The van der Waals surface area contributed by atoms with Gasteiger partial charge in [0.1, 0.15) is 23.1 Å². The van der Waals surface area contributed by atoms with Crippen LogP contribution in [0.2, 0.25) is 5.02 Å². The molecule has 0 radical (unpaired) electrons. The van der Waals surface area contributed by atoms with Crippen molar-refractivity contribution in [3.63, 3.8) is 0 Å². The first-order chi connectivity index (χ1) is 14.5. The van der Waals surface area contributed by atoms with Crippen LogP contribution in [-0.4, -0.2) is 19.1 Å². The van der Waals surface area contributed by atoms with Crippen molar-refractivity contribution in [3.8, 4) is 11.8 Å². The maximum absolute atomic E-state index is 9.38. The average Bonchev–Trinajstić information content (AvgIpc) is 3.28. The average molecular weight is 483 g/mol. The number of pyridine rings is 1. The Morgan fingerprint density at radius 2 is 2.07 bits per heavy atom. The van der Waals surface area contributed by atoms with Gasteiger partial charge in [0.2, 0.25) is 0 Å². The minimum atomic E-state index is 0.527. The van der Waals surface area contributed by atoms with Crippen molar-refractivity contribution in [3.05, 3.63) is 74.9 Å². The number of nitrogens with zero attached hydrogens (tertiary/aromatic N) is 5. The Kier molecular flexibility index (Phi) is 5.94. The summed E-state index contributed by atoms with van der Waals surface area (Å²) in [5.74, 6) is 1.05. The van der Waals surface area contributed by atoms with Gasteiger partial charge in [0, 0.05) is 23.3 Å². The summed E-state index contributed by atoms with van der Waals surface area (Å²) in [6.45, 7) is 4.90. The number of halogens is 2. The Hall–Kier alpha value is -2.62. The van der Waals surface area contributed by atoms with E-state index in [-0.39, 0.29) is 0 Å². The number of imidazole rings is 1. The third-order valence-electron chi connectivity index (χ3n) is 5.18. The molecule has 0 saturated carbocycles. The monoisotopic (exact) mass is 481 g/mol. The number of aromatic nitrogens is 4. The molecule has 0 aliphatic rings. The lowest BCUT2D eigenvalue weighted by molar-refractivity contribution is 0.686. The molecule has 0 unspecified atom stereocenters. The summed E-state index contributed by atoms with van der Waals surface area (Å²) in [4.78, 5) is 9.48. The van der Waals surface area contributed by atoms with Crippen molar-refractivity contribution in [1.82, 2.24) is 19.1 Å². The zero-order valence-electron chi connectivity index (χ0n) is 16.9. The fourth-order valence-corrected chi connectivity index (χ4v) is 4.33. The predicted molar refractivity (Wildman–Crippen MR) is 123 cm³/mol. The second-order valence-electron chi connectivity index (χ2n) is 7.33. The minimum absolute atomic E-state index is 0.527. The Morgan fingerprint density at radius 1 is 1.23 bits per heavy atom. The van der Waals surface area contributed by atoms with Gasteiger partial charge in [-0.15, -0.1) is 0 Å². The lowest BCUT2D eigenvalue weighted by atomic mass is 10.2. The molecule has 0 bridgehead atoms. The van der Waals surface area contributed by atoms with Crippen molar-refractivity contribution >= 4 is 38.7 Å². The van der Waals surface area contributed by atoms with Gasteiger partial charge in [-0.2, -0.15) is 5.26 Å². The molecule has 4 rings (SSSR count). The van der Waals surface area contributed by atoms with E-state index in [0.717, 1.165) is 57.5 Å². The molecule has 0 atom stereocenters. The summed E-state index contributed by atoms with van der Waals surface area (Å²) in [7, 11) is 0. The third kappa shape index (κ3) is 3.88. The highest BCUT2D eigenvalue weighted by molar-refractivity contribution is 9.10. The smallest absolute Gasteiger partial charge is 0.160 e. The number of benzene rings is 1. The van der Waals surface area contributed by atoms with Gasteiger partial charge in [0.05, 0.1) is 17.3 Å². The van der Waals surface area contributed by atoms with Crippen LogP contribution in [0.1, 0.15) is 42.4 Å². The standard InChI is InChI=1S/C23H21BrClN5/c1-3-4-5-21-28-22-15(2)8-9-27-23(22)30(21)13-16-6-7-20(19(25)10-16)29-14-17(24)11-18(29)12-26/h6-11,14H,3-5,13H2,1-2H3. The first-order valence-electron chi connectivity index (χ1n) is 9.89. The SMILES string of the molecule is CCCCc1nc2c(C)ccnc2n1Cc1ccc(-n2cc(Br)cc2C#N)c(Cl)c1. The van der Waals surface area contributed by atoms with Gasteiger partial charge in [0.25, 0.3) is 0 Å². The first kappa shape index (κ1) is 20.6. The van der Waals surface area contributed by atoms with Crippen LogP contribution in [-0.2, 0) is 13.0 Å². The molecule has 0 aliphatic carbocycles. The van der Waals surface area contributed by atoms with Crippen molar-refractivity contribution < 1.29 is 0 Å². The molecule has 152 valence electrons. The normalized spacial score (nSPS) is 11.2. The first-order valence-corrected chi connectivity index (χ1v) is 11.1. The summed E-state index contributed by atoms with van der Waals surface area (Å²) >= 11 is 10.0. The Bertz CT molecular complexity index is 1260. The van der Waals surface area contributed by atoms with Gasteiger partial charge in [-0.25, -0.2) is 9.97 Å². The molecule has 0 amide bonds. The van der Waals surface area contributed by atoms with Crippen LogP contribution in [0.4, 0.5) is 0 Å². The van der Waals surface area contributed by atoms with Crippen molar-refractivity contribution in [1.29, 1.82) is 5.26 Å². The molecule has 3 aromatic heterocycles. The third-order valence-corrected chi connectivity index (χ3v) is 5.92. The topological polar surface area (TPSA) is 59.4 Å². The maximum Gasteiger partial charge on any atom is 0.160 e. The zero-order valence-corrected chi connectivity index (χ0v) is 19.2. The van der Waals surface area contributed by atoms with Crippen LogP contribution >= 0.6 is 27.5 Å². The maximum atomic E-state index is 9.38. The second kappa shape index (κ2) is 8.63. The van der Waals surface area contributed by atoms with E-state index in [1.807, 2.05) is 36.7 Å². The summed E-state index contributed by atoms with van der Waals surface area (Å²) in [6.07, 6.45) is 6.80. The molecule has 30 heavy (non-hydrogen) atoms. The van der Waals surface area contributed by atoms with Gasteiger partial charge < -0.3 is 9.13 Å². The highest BCUT2D eigenvalue weighted by Crippen LogP contribution is 2.28. The molecular weight excluding hydrogens is 462 g/mol. The number of unbranched alkanes of at least 4 members (excludes halogenated alkanes) is 1. The van der Waals surface area contributed by atoms with Gasteiger partial charge >= 0.3 is 0 Å². The van der Waals surface area contributed by atoms with Gasteiger partial charge in [-0.1, -0.05) is 31.0 Å². The molecule has 0 N–H and O–H groups in total. The minimum Gasteiger partial charge on any atom is -0.308 e. The van der Waals surface area contributed by atoms with Crippen molar-refractivity contribution in [2.75, 3.05) is 0 Å². The van der Waals surface area contributed by atoms with E-state index < -0.39 is 0 Å². The molecule has 7 heteroatoms. The number of rotatable bonds is 6. The molecule has 0 spiro atoms. The van der Waals surface area contributed by atoms with Crippen LogP contribution in [0.5, 0.6) is 0 Å². The lowest BCUT2D eigenvalue weighted by Gasteiger charge is -2.12. The molecule has 0 aliphatic heterocycles. The van der Waals surface area contributed by atoms with Gasteiger partial charge in [-0.05, 0) is 64.7 Å². The van der Waals surface area contributed by atoms with E-state index in [1.54, 1.807) is 10.6 Å². The van der Waals surface area contributed by atoms with E-state index in [9.17, 15) is 5.26 Å². The highest BCUT2D eigenvalue weighted by Gasteiger charge is 2.15. The van der Waals surface area contributed by atoms with Crippen LogP contribution in [0, 0.1) is 18.3 Å². The molecular formula is C23H21BrClN5. The summed E-state index contributed by atoms with van der Waals surface area (Å²) < 4.78 is 4.82. The van der Waals surface area contributed by atoms with Gasteiger partial charge in [0.15, 0.2) is 5.65 Å². The lowest BCUT2D eigenvalue weighted by Crippen LogP contribution is -2.07. The summed E-state index contributed by atoms with van der Waals surface area (Å²) in [5, 5.41) is 9.98. The zero-order chi connectivity index (χ0) is 21.3. The summed E-state index contributed by atoms with van der Waals surface area (Å²) in [6, 6.07) is 11.9. The number of hydrogen-bond donors (Lipinski definition) is 0.